The molecule has 0 spiro atoms. The summed E-state index contributed by atoms with van der Waals surface area (Å²) in [5.41, 5.74) is -0.0171. The van der Waals surface area contributed by atoms with E-state index < -0.39 is 51.9 Å². The summed E-state index contributed by atoms with van der Waals surface area (Å²) in [4.78, 5) is 0. The van der Waals surface area contributed by atoms with Gasteiger partial charge in [-0.2, -0.15) is 0 Å². The summed E-state index contributed by atoms with van der Waals surface area (Å²) in [5.74, 6) is -5.94. The fourth-order valence-electron chi connectivity index (χ4n) is 3.34. The second kappa shape index (κ2) is 9.17. The Balaban J connectivity index is 0.00000320. The van der Waals surface area contributed by atoms with Crippen molar-refractivity contribution in [2.24, 2.45) is 0 Å². The molecule has 1 heterocycles. The molecule has 0 amide bonds. The number of benzene rings is 2. The van der Waals surface area contributed by atoms with Gasteiger partial charge in [0.15, 0.2) is 0 Å². The van der Waals surface area contributed by atoms with Crippen LogP contribution in [-0.4, -0.2) is 34.5 Å². The van der Waals surface area contributed by atoms with Crippen molar-refractivity contribution in [3.05, 3.63) is 59.4 Å². The highest BCUT2D eigenvalue weighted by Crippen LogP contribution is 2.31. The minimum absolute atomic E-state index is 0. The number of nitrogens with one attached hydrogen (secondary N) is 3. The summed E-state index contributed by atoms with van der Waals surface area (Å²) in [6.45, 7) is 0.740. The van der Waals surface area contributed by atoms with Crippen LogP contribution in [0.2, 0.25) is 0 Å². The maximum absolute atomic E-state index is 15.0. The molecule has 1 aliphatic rings. The second-order valence-electron chi connectivity index (χ2n) is 6.95. The number of hydrogen-bond donors (Lipinski definition) is 3. The molecule has 166 valence electrons. The molecule has 11 heteroatoms. The molecule has 0 saturated carbocycles. The monoisotopic (exact) mass is 469 g/mol. The predicted octanol–water partition coefficient (Wildman–Crippen LogP) is 4.28. The normalized spacial score (nSPS) is 22.3. The van der Waals surface area contributed by atoms with Crippen molar-refractivity contribution in [2.45, 2.75) is 31.4 Å². The van der Waals surface area contributed by atoms with E-state index in [0.29, 0.717) is 6.07 Å². The first-order valence-corrected chi connectivity index (χ1v) is 10.6. The van der Waals surface area contributed by atoms with Gasteiger partial charge in [-0.05, 0) is 29.7 Å². The van der Waals surface area contributed by atoms with Crippen molar-refractivity contribution >= 4 is 22.3 Å². The molecule has 1 unspecified atom stereocenters. The molecule has 4 nitrogen and oxygen atoms in total. The quantitative estimate of drug-likeness (QED) is 0.553. The number of rotatable bonds is 6. The average Bonchev–Trinajstić information content (AvgIpc) is 2.90. The zero-order chi connectivity index (χ0) is 21.4. The van der Waals surface area contributed by atoms with E-state index in [1.165, 1.54) is 25.1 Å². The van der Waals surface area contributed by atoms with Crippen LogP contribution in [0, 0.1) is 22.2 Å². The lowest BCUT2D eigenvalue weighted by Gasteiger charge is -2.25. The van der Waals surface area contributed by atoms with Crippen LogP contribution in [0.25, 0.3) is 11.1 Å². The van der Waals surface area contributed by atoms with Crippen molar-refractivity contribution in [3.8, 4) is 11.1 Å². The molecule has 3 rings (SSSR count). The van der Waals surface area contributed by atoms with Gasteiger partial charge in [-0.1, -0.05) is 25.1 Å². The number of halogens is 6. The molecule has 1 saturated heterocycles. The van der Waals surface area contributed by atoms with Gasteiger partial charge in [0.2, 0.25) is 0 Å². The molecule has 30 heavy (non-hydrogen) atoms. The van der Waals surface area contributed by atoms with Gasteiger partial charge in [0, 0.05) is 23.4 Å². The number of alkyl halides is 2. The fraction of sp³-hybridized carbons (Fsp3) is 0.368. The van der Waals surface area contributed by atoms with Gasteiger partial charge in [0.05, 0.1) is 6.54 Å². The first-order valence-electron chi connectivity index (χ1n) is 8.91. The second-order valence-corrected chi connectivity index (χ2v) is 9.11. The lowest BCUT2D eigenvalue weighted by Crippen LogP contribution is -2.51. The topological polar surface area (TPSA) is 65.0 Å². The largest absolute Gasteiger partial charge is 0.306 e. The van der Waals surface area contributed by atoms with Gasteiger partial charge in [-0.3, -0.25) is 0 Å². The lowest BCUT2D eigenvalue weighted by molar-refractivity contribution is -0.000626. The maximum atomic E-state index is 15.0. The standard InChI is InChI=1S/C19H20F5N3OS.ClH/c1-2-29(25,28)27-18-16(26-10-19(18,23)24)8-11-4-3-5-15(17(11)22)12-6-13(20)9-14(21)7-12;/h3-7,9,16,18,26H,2,8,10H2,1H3,(H2,25,27,28);1H/t16-,18+,29?;/m0./s1. The van der Waals surface area contributed by atoms with Gasteiger partial charge in [0.25, 0.3) is 5.92 Å². The third-order valence-corrected chi connectivity index (χ3v) is 6.32. The molecule has 0 aromatic heterocycles. The van der Waals surface area contributed by atoms with Crippen molar-refractivity contribution < 1.29 is 26.2 Å². The molecule has 1 fully saturated rings. The average molecular weight is 470 g/mol. The molecule has 3 N–H and O–H groups in total. The Morgan fingerprint density at radius 2 is 1.83 bits per heavy atom. The van der Waals surface area contributed by atoms with E-state index in [1.54, 1.807) is 0 Å². The van der Waals surface area contributed by atoms with Crippen LogP contribution in [0.1, 0.15) is 12.5 Å². The minimum atomic E-state index is -3.42. The van der Waals surface area contributed by atoms with Crippen molar-refractivity contribution in [1.82, 2.24) is 10.0 Å². The maximum Gasteiger partial charge on any atom is 0.277 e. The summed E-state index contributed by atoms with van der Waals surface area (Å²) < 4.78 is 92.4. The summed E-state index contributed by atoms with van der Waals surface area (Å²) >= 11 is 0. The Bertz CT molecular complexity index is 999. The van der Waals surface area contributed by atoms with Crippen LogP contribution < -0.4 is 10.0 Å². The highest BCUT2D eigenvalue weighted by atomic mass is 35.5. The highest BCUT2D eigenvalue weighted by molar-refractivity contribution is 7.90. The van der Waals surface area contributed by atoms with E-state index >= 15 is 4.39 Å². The summed E-state index contributed by atoms with van der Waals surface area (Å²) in [6, 6.07) is 4.21. The van der Waals surface area contributed by atoms with Gasteiger partial charge in [-0.25, -0.2) is 35.7 Å². The molecule has 2 aromatic rings. The van der Waals surface area contributed by atoms with E-state index in [1.807, 2.05) is 0 Å². The molecule has 0 radical (unpaired) electrons. The van der Waals surface area contributed by atoms with Crippen molar-refractivity contribution in [1.29, 1.82) is 4.78 Å². The lowest BCUT2D eigenvalue weighted by atomic mass is 9.95. The fourth-order valence-corrected chi connectivity index (χ4v) is 4.26. The highest BCUT2D eigenvalue weighted by Gasteiger charge is 2.51. The minimum Gasteiger partial charge on any atom is -0.306 e. The Morgan fingerprint density at radius 1 is 1.20 bits per heavy atom. The van der Waals surface area contributed by atoms with E-state index in [4.69, 9.17) is 4.78 Å². The van der Waals surface area contributed by atoms with Gasteiger partial charge >= 0.3 is 0 Å². The third kappa shape index (κ3) is 5.29. The predicted molar refractivity (Wildman–Crippen MR) is 108 cm³/mol. The van der Waals surface area contributed by atoms with Crippen LogP contribution in [-0.2, 0) is 16.3 Å². The smallest absolute Gasteiger partial charge is 0.277 e. The van der Waals surface area contributed by atoms with Crippen molar-refractivity contribution in [3.63, 3.8) is 0 Å². The van der Waals surface area contributed by atoms with Crippen molar-refractivity contribution in [2.75, 3.05) is 12.3 Å². The molecule has 0 bridgehead atoms. The first kappa shape index (κ1) is 24.5. The summed E-state index contributed by atoms with van der Waals surface area (Å²) in [5, 5.41) is 2.59. The molecule has 2 aromatic carbocycles. The summed E-state index contributed by atoms with van der Waals surface area (Å²) in [6.07, 6.45) is -0.191. The first-order chi connectivity index (χ1) is 13.5. The van der Waals surface area contributed by atoms with E-state index in [0.717, 1.165) is 12.1 Å². The van der Waals surface area contributed by atoms with E-state index in [2.05, 4.69) is 10.0 Å². The van der Waals surface area contributed by atoms with E-state index in [-0.39, 0.29) is 41.3 Å². The SMILES string of the molecule is CCS(=N)(=O)N[C@@H]1[C@H](Cc2cccc(-c3cc(F)cc(F)c3)c2F)NCC1(F)F.Cl. The van der Waals surface area contributed by atoms with Crippen LogP contribution in [0.3, 0.4) is 0 Å². The molecular formula is C19H21ClF5N3OS. The Kier molecular flexibility index (Phi) is 7.49. The Morgan fingerprint density at radius 3 is 2.43 bits per heavy atom. The number of hydrogen-bond acceptors (Lipinski definition) is 3. The van der Waals surface area contributed by atoms with Gasteiger partial charge < -0.3 is 5.32 Å². The van der Waals surface area contributed by atoms with Gasteiger partial charge in [0.1, 0.15) is 33.4 Å². The zero-order valence-electron chi connectivity index (χ0n) is 15.9. The zero-order valence-corrected chi connectivity index (χ0v) is 17.5. The summed E-state index contributed by atoms with van der Waals surface area (Å²) in [7, 11) is -3.42. The van der Waals surface area contributed by atoms with Crippen LogP contribution in [0.15, 0.2) is 36.4 Å². The van der Waals surface area contributed by atoms with Crippen LogP contribution in [0.5, 0.6) is 0 Å². The molecule has 3 atom stereocenters. The Labute approximate surface area is 177 Å². The van der Waals surface area contributed by atoms with Gasteiger partial charge in [-0.15, -0.1) is 12.4 Å². The van der Waals surface area contributed by atoms with Crippen LogP contribution in [0.4, 0.5) is 22.0 Å². The molecule has 0 aliphatic carbocycles. The third-order valence-electron chi connectivity index (χ3n) is 4.87. The molecular weight excluding hydrogens is 449 g/mol. The van der Waals surface area contributed by atoms with E-state index in [9.17, 15) is 21.8 Å². The van der Waals surface area contributed by atoms with Crippen LogP contribution >= 0.6 is 12.4 Å². The molecule has 1 aliphatic heterocycles. The Hall–Kier alpha value is -1.75.